The maximum absolute atomic E-state index is 11.8. The molecule has 3 rings (SSSR count). The number of rotatable bonds is 8. The predicted molar refractivity (Wildman–Crippen MR) is 113 cm³/mol. The molecule has 2 aromatic carbocycles. The number of aromatic nitrogens is 1. The third kappa shape index (κ3) is 4.72. The van der Waals surface area contributed by atoms with Crippen LogP contribution in [0.15, 0.2) is 51.5 Å². The summed E-state index contributed by atoms with van der Waals surface area (Å²) in [5.74, 6) is -0.156. The minimum absolute atomic E-state index is 0.382. The minimum atomic E-state index is -0.882. The van der Waals surface area contributed by atoms with E-state index in [1.807, 2.05) is 49.5 Å². The van der Waals surface area contributed by atoms with Crippen molar-refractivity contribution in [2.24, 2.45) is 0 Å². The lowest BCUT2D eigenvalue weighted by Gasteiger charge is -2.17. The Morgan fingerprint density at radius 1 is 1.26 bits per heavy atom. The number of aliphatic carboxylic acids is 1. The zero-order chi connectivity index (χ0) is 19.4. The topological polar surface area (TPSA) is 74.3 Å². The molecule has 1 heterocycles. The fourth-order valence-corrected chi connectivity index (χ4v) is 4.48. The van der Waals surface area contributed by atoms with Gasteiger partial charge >= 0.3 is 5.97 Å². The van der Waals surface area contributed by atoms with Gasteiger partial charge in [-0.15, -0.1) is 0 Å². The summed E-state index contributed by atoms with van der Waals surface area (Å²) >= 11 is 6.98. The Morgan fingerprint density at radius 2 is 2.04 bits per heavy atom. The average Bonchev–Trinajstić information content (AvgIpc) is 3.04. The normalized spacial score (nSPS) is 12.3. The molecule has 3 aromatic rings. The van der Waals surface area contributed by atoms with Crippen molar-refractivity contribution in [3.8, 4) is 5.75 Å². The van der Waals surface area contributed by atoms with Gasteiger partial charge in [-0.25, -0.2) is 0 Å². The van der Waals surface area contributed by atoms with Gasteiger partial charge in [0.25, 0.3) is 0 Å². The summed E-state index contributed by atoms with van der Waals surface area (Å²) in [5, 5.41) is 13.9. The van der Waals surface area contributed by atoms with Gasteiger partial charge < -0.3 is 14.8 Å². The van der Waals surface area contributed by atoms with Crippen LogP contribution in [0.4, 0.5) is 0 Å². The third-order valence-electron chi connectivity index (χ3n) is 4.31. The Labute approximate surface area is 174 Å². The van der Waals surface area contributed by atoms with E-state index in [0.717, 1.165) is 36.7 Å². The van der Waals surface area contributed by atoms with E-state index in [4.69, 9.17) is 4.74 Å². The molecule has 5 nitrogen and oxygen atoms in total. The Kier molecular flexibility index (Phi) is 6.57. The Hall–Kier alpha value is -1.83. The number of hydrogen-bond acceptors (Lipinski definition) is 3. The Bertz CT molecular complexity index is 956. The molecule has 0 saturated heterocycles. The molecular weight excluding hydrogens is 476 g/mol. The number of hydrogen-bond donors (Lipinski definition) is 3. The second-order valence-electron chi connectivity index (χ2n) is 6.14. The molecule has 0 amide bonds. The number of carboxylic acids is 1. The van der Waals surface area contributed by atoms with Crippen molar-refractivity contribution in [1.29, 1.82) is 0 Å². The van der Waals surface area contributed by atoms with E-state index in [-0.39, 0.29) is 0 Å². The van der Waals surface area contributed by atoms with E-state index in [1.165, 1.54) is 0 Å². The van der Waals surface area contributed by atoms with E-state index in [0.29, 0.717) is 19.6 Å². The SMILES string of the molecule is CCOc1c(Br)cc(Br)cc1CN[C@@H](Cc1c[nH]c2ccccc12)C(=O)O. The number of fused-ring (bicyclic) bond motifs is 1. The van der Waals surface area contributed by atoms with Gasteiger partial charge in [-0.05, 0) is 46.6 Å². The van der Waals surface area contributed by atoms with E-state index in [2.05, 4.69) is 42.2 Å². The first-order chi connectivity index (χ1) is 13.0. The summed E-state index contributed by atoms with van der Waals surface area (Å²) in [6.45, 7) is 2.83. The van der Waals surface area contributed by atoms with Crippen LogP contribution in [0.5, 0.6) is 5.75 Å². The quantitative estimate of drug-likeness (QED) is 0.416. The van der Waals surface area contributed by atoms with E-state index in [1.54, 1.807) is 0 Å². The summed E-state index contributed by atoms with van der Waals surface area (Å²) in [7, 11) is 0. The predicted octanol–water partition coefficient (Wildman–Crippen LogP) is 4.88. The second kappa shape index (κ2) is 8.91. The molecule has 0 aliphatic heterocycles. The van der Waals surface area contributed by atoms with Crippen molar-refractivity contribution in [2.45, 2.75) is 25.9 Å². The first-order valence-corrected chi connectivity index (χ1v) is 10.2. The van der Waals surface area contributed by atoms with Gasteiger partial charge in [0, 0.05) is 40.1 Å². The van der Waals surface area contributed by atoms with Crippen LogP contribution in [-0.4, -0.2) is 28.7 Å². The average molecular weight is 496 g/mol. The lowest BCUT2D eigenvalue weighted by atomic mass is 10.0. The number of aromatic amines is 1. The number of para-hydroxylation sites is 1. The van der Waals surface area contributed by atoms with E-state index >= 15 is 0 Å². The highest BCUT2D eigenvalue weighted by Crippen LogP contribution is 2.33. The molecule has 0 aliphatic rings. The zero-order valence-electron chi connectivity index (χ0n) is 14.8. The maximum Gasteiger partial charge on any atom is 0.321 e. The summed E-state index contributed by atoms with van der Waals surface area (Å²) in [6.07, 6.45) is 2.27. The highest BCUT2D eigenvalue weighted by atomic mass is 79.9. The van der Waals surface area contributed by atoms with Crippen LogP contribution in [-0.2, 0) is 17.8 Å². The first kappa shape index (κ1) is 19.9. The fourth-order valence-electron chi connectivity index (χ4n) is 3.05. The molecule has 142 valence electrons. The molecule has 1 aromatic heterocycles. The van der Waals surface area contributed by atoms with Crippen LogP contribution in [0.1, 0.15) is 18.1 Å². The van der Waals surface area contributed by atoms with Crippen molar-refractivity contribution in [1.82, 2.24) is 10.3 Å². The summed E-state index contributed by atoms with van der Waals surface area (Å²) in [6, 6.07) is 11.0. The van der Waals surface area contributed by atoms with Gasteiger partial charge in [0.2, 0.25) is 0 Å². The summed E-state index contributed by atoms with van der Waals surface area (Å²) in [5.41, 5.74) is 2.88. The Balaban J connectivity index is 1.79. The number of ether oxygens (including phenoxy) is 1. The molecule has 0 spiro atoms. The number of benzene rings is 2. The van der Waals surface area contributed by atoms with Gasteiger partial charge in [0.15, 0.2) is 0 Å². The van der Waals surface area contributed by atoms with Crippen LogP contribution in [0.2, 0.25) is 0 Å². The maximum atomic E-state index is 11.8. The van der Waals surface area contributed by atoms with E-state index < -0.39 is 12.0 Å². The number of halogens is 2. The highest BCUT2D eigenvalue weighted by molar-refractivity contribution is 9.11. The number of carbonyl (C=O) groups is 1. The molecule has 3 N–H and O–H groups in total. The fraction of sp³-hybridized carbons (Fsp3) is 0.250. The summed E-state index contributed by atoms with van der Waals surface area (Å²) in [4.78, 5) is 15.0. The summed E-state index contributed by atoms with van der Waals surface area (Å²) < 4.78 is 7.45. The molecular formula is C20H20Br2N2O3. The monoisotopic (exact) mass is 494 g/mol. The molecule has 0 fully saturated rings. The van der Waals surface area contributed by atoms with Crippen molar-refractivity contribution in [3.63, 3.8) is 0 Å². The van der Waals surface area contributed by atoms with Crippen molar-refractivity contribution >= 4 is 48.7 Å². The number of nitrogens with one attached hydrogen (secondary N) is 2. The molecule has 0 radical (unpaired) electrons. The third-order valence-corrected chi connectivity index (χ3v) is 5.36. The lowest BCUT2D eigenvalue weighted by Crippen LogP contribution is -2.38. The van der Waals surface area contributed by atoms with Crippen molar-refractivity contribution < 1.29 is 14.6 Å². The molecule has 1 atom stereocenters. The van der Waals surface area contributed by atoms with Gasteiger partial charge in [0.1, 0.15) is 11.8 Å². The van der Waals surface area contributed by atoms with Crippen LogP contribution in [0, 0.1) is 0 Å². The minimum Gasteiger partial charge on any atom is -0.492 e. The second-order valence-corrected chi connectivity index (χ2v) is 7.91. The van der Waals surface area contributed by atoms with Crippen LogP contribution in [0.25, 0.3) is 10.9 Å². The largest absolute Gasteiger partial charge is 0.492 e. The van der Waals surface area contributed by atoms with Crippen LogP contribution >= 0.6 is 31.9 Å². The molecule has 27 heavy (non-hydrogen) atoms. The number of H-pyrrole nitrogens is 1. The van der Waals surface area contributed by atoms with Crippen molar-refractivity contribution in [2.75, 3.05) is 6.61 Å². The molecule has 0 bridgehead atoms. The lowest BCUT2D eigenvalue weighted by molar-refractivity contribution is -0.139. The van der Waals surface area contributed by atoms with Gasteiger partial charge in [-0.2, -0.15) is 0 Å². The van der Waals surface area contributed by atoms with Gasteiger partial charge in [-0.1, -0.05) is 34.1 Å². The molecule has 7 heteroatoms. The standard InChI is InChI=1S/C20H20Br2N2O3/c1-2-27-19-13(7-14(21)9-16(19)22)11-24-18(20(25)26)8-12-10-23-17-6-4-3-5-15(12)17/h3-7,9-10,18,23-24H,2,8,11H2,1H3,(H,25,26)/t18-/m0/s1. The number of carboxylic acid groups (broad SMARTS) is 1. The van der Waals surface area contributed by atoms with Crippen molar-refractivity contribution in [3.05, 3.63) is 62.7 Å². The van der Waals surface area contributed by atoms with Gasteiger partial charge in [0.05, 0.1) is 11.1 Å². The van der Waals surface area contributed by atoms with Crippen LogP contribution in [0.3, 0.4) is 0 Å². The van der Waals surface area contributed by atoms with E-state index in [9.17, 15) is 9.90 Å². The van der Waals surface area contributed by atoms with Gasteiger partial charge in [-0.3, -0.25) is 10.1 Å². The smallest absolute Gasteiger partial charge is 0.321 e. The molecule has 0 aliphatic carbocycles. The highest BCUT2D eigenvalue weighted by Gasteiger charge is 2.20. The molecule has 0 unspecified atom stereocenters. The van der Waals surface area contributed by atoms with Crippen LogP contribution < -0.4 is 10.1 Å². The first-order valence-electron chi connectivity index (χ1n) is 8.61. The Morgan fingerprint density at radius 3 is 2.78 bits per heavy atom. The zero-order valence-corrected chi connectivity index (χ0v) is 17.9. The molecule has 0 saturated carbocycles.